The summed E-state index contributed by atoms with van der Waals surface area (Å²) in [6, 6.07) is 4.03. The predicted molar refractivity (Wildman–Crippen MR) is 121 cm³/mol. The lowest BCUT2D eigenvalue weighted by atomic mass is 10.1. The summed E-state index contributed by atoms with van der Waals surface area (Å²) in [5.74, 6) is 1.56. The Balaban J connectivity index is 0.00000210. The van der Waals surface area contributed by atoms with Crippen LogP contribution in [-0.2, 0) is 4.79 Å². The first-order valence-corrected chi connectivity index (χ1v) is 10.7. The van der Waals surface area contributed by atoms with E-state index in [1.54, 1.807) is 11.3 Å². The molecule has 3 rings (SSSR count). The van der Waals surface area contributed by atoms with Crippen LogP contribution in [0.25, 0.3) is 10.7 Å². The number of aromatic nitrogens is 2. The zero-order chi connectivity index (χ0) is 19.1. The molecule has 1 saturated heterocycles. The Morgan fingerprint density at radius 2 is 1.93 bits per heavy atom. The zero-order valence-corrected chi connectivity index (χ0v) is 19.2. The van der Waals surface area contributed by atoms with Gasteiger partial charge in [-0.15, -0.1) is 36.2 Å². The van der Waals surface area contributed by atoms with Gasteiger partial charge in [-0.2, -0.15) is 4.98 Å². The molecule has 1 unspecified atom stereocenters. The van der Waals surface area contributed by atoms with E-state index >= 15 is 0 Å². The minimum absolute atomic E-state index is 0. The van der Waals surface area contributed by atoms with E-state index in [1.165, 1.54) is 0 Å². The Morgan fingerprint density at radius 3 is 2.59 bits per heavy atom. The maximum atomic E-state index is 12.4. The van der Waals surface area contributed by atoms with Gasteiger partial charge in [-0.05, 0) is 37.8 Å². The largest absolute Gasteiger partial charge is 0.340 e. The highest BCUT2D eigenvalue weighted by Gasteiger charge is 2.27. The predicted octanol–water partition coefficient (Wildman–Crippen LogP) is 3.76. The summed E-state index contributed by atoms with van der Waals surface area (Å²) >= 11 is 1.60. The fourth-order valence-electron chi connectivity index (χ4n) is 3.36. The molecule has 1 amide bonds. The lowest BCUT2D eigenvalue weighted by Crippen LogP contribution is -2.49. The summed E-state index contributed by atoms with van der Waals surface area (Å²) in [6.45, 7) is 6.01. The Bertz CT molecular complexity index is 705. The summed E-state index contributed by atoms with van der Waals surface area (Å²) in [5, 5.41) is 6.10. The Labute approximate surface area is 188 Å². The molecule has 0 spiro atoms. The number of amides is 1. The number of carbonyl (C=O) groups excluding carboxylic acids is 1. The van der Waals surface area contributed by atoms with Crippen LogP contribution in [0.2, 0.25) is 0 Å². The average Bonchev–Trinajstić information content (AvgIpc) is 3.39. The summed E-state index contributed by atoms with van der Waals surface area (Å²) in [7, 11) is 0. The fourth-order valence-corrected chi connectivity index (χ4v) is 4.01. The number of thiophene rings is 1. The number of carbonyl (C=O) groups is 1. The van der Waals surface area contributed by atoms with E-state index < -0.39 is 0 Å². The first-order chi connectivity index (χ1) is 13.2. The third kappa shape index (κ3) is 7.22. The maximum absolute atomic E-state index is 12.4. The number of piperazine rings is 1. The van der Waals surface area contributed by atoms with Crippen LogP contribution in [0.3, 0.4) is 0 Å². The molecular weight excluding hydrogens is 433 g/mol. The van der Waals surface area contributed by atoms with Gasteiger partial charge in [-0.3, -0.25) is 9.69 Å². The van der Waals surface area contributed by atoms with Crippen LogP contribution in [-0.4, -0.2) is 58.6 Å². The fraction of sp³-hybridized carbons (Fsp3) is 0.632. The molecule has 3 heterocycles. The maximum Gasteiger partial charge on any atom is 0.244 e. The van der Waals surface area contributed by atoms with Crippen molar-refractivity contribution in [2.45, 2.75) is 45.1 Å². The van der Waals surface area contributed by atoms with E-state index in [0.717, 1.165) is 63.3 Å². The van der Waals surface area contributed by atoms with Gasteiger partial charge < -0.3 is 15.2 Å². The molecular formula is C19H31Cl2N5O2S. The quantitative estimate of drug-likeness (QED) is 0.569. The van der Waals surface area contributed by atoms with E-state index in [2.05, 4.69) is 22.0 Å². The number of nitrogens with two attached hydrogens (primary N) is 1. The highest BCUT2D eigenvalue weighted by molar-refractivity contribution is 7.13. The highest BCUT2D eigenvalue weighted by atomic mass is 35.5. The molecule has 29 heavy (non-hydrogen) atoms. The van der Waals surface area contributed by atoms with Crippen molar-refractivity contribution in [2.75, 3.05) is 32.7 Å². The summed E-state index contributed by atoms with van der Waals surface area (Å²) in [6.07, 6.45) is 4.86. The van der Waals surface area contributed by atoms with Gasteiger partial charge in [-0.25, -0.2) is 0 Å². The van der Waals surface area contributed by atoms with Crippen molar-refractivity contribution in [1.29, 1.82) is 0 Å². The molecule has 7 nitrogen and oxygen atoms in total. The standard InChI is InChI=1S/C19H29N5O2S.2ClH/c1-15(19-21-18(22-26-19)16-7-6-14-27-16)23-10-12-24(13-11-23)17(25)8-4-2-3-5-9-20;;/h6-7,14-15H,2-5,8-13,20H2,1H3;2*1H. The lowest BCUT2D eigenvalue weighted by Gasteiger charge is -2.36. The topological polar surface area (TPSA) is 88.5 Å². The Kier molecular flexibility index (Phi) is 11.7. The van der Waals surface area contributed by atoms with Crippen LogP contribution in [0.15, 0.2) is 22.0 Å². The first kappa shape index (κ1) is 25.8. The van der Waals surface area contributed by atoms with Gasteiger partial charge in [0.2, 0.25) is 17.6 Å². The number of hydrogen-bond donors (Lipinski definition) is 1. The molecule has 2 aromatic heterocycles. The van der Waals surface area contributed by atoms with Crippen LogP contribution in [0, 0.1) is 0 Å². The minimum Gasteiger partial charge on any atom is -0.340 e. The van der Waals surface area contributed by atoms with E-state index in [1.807, 2.05) is 22.4 Å². The molecule has 0 aliphatic carbocycles. The van der Waals surface area contributed by atoms with Gasteiger partial charge in [0.25, 0.3) is 0 Å². The molecule has 1 fully saturated rings. The van der Waals surface area contributed by atoms with Crippen molar-refractivity contribution in [2.24, 2.45) is 5.73 Å². The molecule has 1 aliphatic heterocycles. The van der Waals surface area contributed by atoms with Crippen LogP contribution in [0.5, 0.6) is 0 Å². The number of unbranched alkanes of at least 4 members (excludes halogenated alkanes) is 3. The van der Waals surface area contributed by atoms with Crippen molar-refractivity contribution in [1.82, 2.24) is 19.9 Å². The van der Waals surface area contributed by atoms with Crippen molar-refractivity contribution in [3.63, 3.8) is 0 Å². The molecule has 1 atom stereocenters. The van der Waals surface area contributed by atoms with Crippen LogP contribution >= 0.6 is 36.2 Å². The van der Waals surface area contributed by atoms with Gasteiger partial charge in [-0.1, -0.05) is 24.1 Å². The second-order valence-corrected chi connectivity index (χ2v) is 7.93. The van der Waals surface area contributed by atoms with E-state index in [0.29, 0.717) is 18.1 Å². The molecule has 0 bridgehead atoms. The smallest absolute Gasteiger partial charge is 0.244 e. The summed E-state index contributed by atoms with van der Waals surface area (Å²) in [5.41, 5.74) is 5.50. The van der Waals surface area contributed by atoms with Gasteiger partial charge in [0.1, 0.15) is 0 Å². The monoisotopic (exact) mass is 463 g/mol. The lowest BCUT2D eigenvalue weighted by molar-refractivity contribution is -0.133. The van der Waals surface area contributed by atoms with Crippen LogP contribution in [0.4, 0.5) is 0 Å². The third-order valence-electron chi connectivity index (χ3n) is 5.10. The van der Waals surface area contributed by atoms with Gasteiger partial charge in [0, 0.05) is 32.6 Å². The van der Waals surface area contributed by atoms with E-state index in [9.17, 15) is 4.79 Å². The van der Waals surface area contributed by atoms with Crippen molar-refractivity contribution in [3.8, 4) is 10.7 Å². The molecule has 0 radical (unpaired) electrons. The molecule has 164 valence electrons. The van der Waals surface area contributed by atoms with Gasteiger partial charge in [0.15, 0.2) is 0 Å². The van der Waals surface area contributed by atoms with Crippen molar-refractivity contribution < 1.29 is 9.32 Å². The molecule has 2 N–H and O–H groups in total. The SMILES string of the molecule is CC(c1nc(-c2cccs2)no1)N1CCN(C(=O)CCCCCCN)CC1.Cl.Cl. The highest BCUT2D eigenvalue weighted by Crippen LogP contribution is 2.26. The molecule has 0 aromatic carbocycles. The second kappa shape index (κ2) is 13.2. The normalized spacial score (nSPS) is 15.4. The number of rotatable bonds is 9. The third-order valence-corrected chi connectivity index (χ3v) is 5.97. The van der Waals surface area contributed by atoms with E-state index in [-0.39, 0.29) is 36.8 Å². The first-order valence-electron chi connectivity index (χ1n) is 9.78. The van der Waals surface area contributed by atoms with Gasteiger partial charge >= 0.3 is 0 Å². The van der Waals surface area contributed by atoms with E-state index in [4.69, 9.17) is 10.3 Å². The van der Waals surface area contributed by atoms with Crippen LogP contribution in [0.1, 0.15) is 51.0 Å². The number of halogens is 2. The molecule has 1 aliphatic rings. The number of nitrogens with zero attached hydrogens (tertiary/aromatic N) is 4. The second-order valence-electron chi connectivity index (χ2n) is 6.98. The Morgan fingerprint density at radius 1 is 1.21 bits per heavy atom. The average molecular weight is 464 g/mol. The van der Waals surface area contributed by atoms with Crippen LogP contribution < -0.4 is 5.73 Å². The van der Waals surface area contributed by atoms with Gasteiger partial charge in [0.05, 0.1) is 10.9 Å². The molecule has 2 aromatic rings. The van der Waals surface area contributed by atoms with Crippen molar-refractivity contribution in [3.05, 3.63) is 23.4 Å². The molecule has 0 saturated carbocycles. The zero-order valence-electron chi connectivity index (χ0n) is 16.8. The number of hydrogen-bond acceptors (Lipinski definition) is 7. The summed E-state index contributed by atoms with van der Waals surface area (Å²) in [4.78, 5) is 22.2. The Hall–Kier alpha value is -1.19. The molecule has 10 heteroatoms. The van der Waals surface area contributed by atoms with Crippen molar-refractivity contribution >= 4 is 42.1 Å². The minimum atomic E-state index is 0. The summed E-state index contributed by atoms with van der Waals surface area (Å²) < 4.78 is 5.48.